The van der Waals surface area contributed by atoms with Gasteiger partial charge in [0.25, 0.3) is 5.56 Å². The molecule has 0 spiro atoms. The van der Waals surface area contributed by atoms with Crippen molar-refractivity contribution in [2.75, 3.05) is 5.73 Å². The minimum atomic E-state index is -0.347. The molecule has 0 amide bonds. The zero-order valence-electron chi connectivity index (χ0n) is 12.7. The van der Waals surface area contributed by atoms with Crippen molar-refractivity contribution in [3.05, 3.63) is 76.1 Å². The Morgan fingerprint density at radius 2 is 1.96 bits per heavy atom. The lowest BCUT2D eigenvalue weighted by molar-refractivity contribution is 0.305. The Morgan fingerprint density at radius 3 is 2.67 bits per heavy atom. The van der Waals surface area contributed by atoms with Gasteiger partial charge in [-0.1, -0.05) is 30.3 Å². The van der Waals surface area contributed by atoms with Gasteiger partial charge in [-0.15, -0.1) is 0 Å². The number of H-pyrrole nitrogens is 1. The second kappa shape index (κ2) is 6.67. The minimum Gasteiger partial charge on any atom is -0.488 e. The molecule has 3 aromatic rings. The maximum Gasteiger partial charge on any atom is 0.253 e. The summed E-state index contributed by atoms with van der Waals surface area (Å²) in [6, 6.07) is 18.0. The highest BCUT2D eigenvalue weighted by atomic mass is 16.5. The predicted molar refractivity (Wildman–Crippen MR) is 90.2 cm³/mol. The SMILES string of the molecule is N#Cc1cc(-c2nc(N)cc(=O)[nH]2)ccc1OCc1ccccc1. The average molecular weight is 318 g/mol. The van der Waals surface area contributed by atoms with Crippen LogP contribution in [0.1, 0.15) is 11.1 Å². The van der Waals surface area contributed by atoms with Crippen LogP contribution >= 0.6 is 0 Å². The fourth-order valence-corrected chi connectivity index (χ4v) is 2.24. The molecule has 6 heteroatoms. The third-order valence-electron chi connectivity index (χ3n) is 3.37. The van der Waals surface area contributed by atoms with Crippen LogP contribution in [0, 0.1) is 11.3 Å². The summed E-state index contributed by atoms with van der Waals surface area (Å²) in [5.74, 6) is 0.902. The van der Waals surface area contributed by atoms with E-state index in [9.17, 15) is 10.1 Å². The van der Waals surface area contributed by atoms with Gasteiger partial charge in [-0.05, 0) is 23.8 Å². The Hall–Kier alpha value is -3.59. The predicted octanol–water partition coefficient (Wildman–Crippen LogP) is 2.47. The van der Waals surface area contributed by atoms with Crippen LogP contribution in [-0.4, -0.2) is 9.97 Å². The number of hydrogen-bond acceptors (Lipinski definition) is 5. The molecule has 2 aromatic carbocycles. The smallest absolute Gasteiger partial charge is 0.253 e. The molecule has 0 radical (unpaired) electrons. The van der Waals surface area contributed by atoms with Gasteiger partial charge in [-0.2, -0.15) is 5.26 Å². The second-order valence-corrected chi connectivity index (χ2v) is 5.12. The summed E-state index contributed by atoms with van der Waals surface area (Å²) in [6.45, 7) is 0.363. The zero-order valence-corrected chi connectivity index (χ0v) is 12.7. The van der Waals surface area contributed by atoms with Gasteiger partial charge in [0, 0.05) is 11.6 Å². The molecule has 0 saturated heterocycles. The highest BCUT2D eigenvalue weighted by molar-refractivity contribution is 5.62. The number of aromatic nitrogens is 2. The summed E-state index contributed by atoms with van der Waals surface area (Å²) in [7, 11) is 0. The van der Waals surface area contributed by atoms with E-state index in [4.69, 9.17) is 10.5 Å². The first-order valence-electron chi connectivity index (χ1n) is 7.24. The fourth-order valence-electron chi connectivity index (χ4n) is 2.24. The molecule has 0 saturated carbocycles. The Morgan fingerprint density at radius 1 is 1.17 bits per heavy atom. The van der Waals surface area contributed by atoms with Crippen molar-refractivity contribution >= 4 is 5.82 Å². The molecule has 0 fully saturated rings. The number of benzene rings is 2. The number of ether oxygens (including phenoxy) is 1. The molecule has 24 heavy (non-hydrogen) atoms. The van der Waals surface area contributed by atoms with Crippen LogP contribution in [-0.2, 0) is 6.61 Å². The highest BCUT2D eigenvalue weighted by Crippen LogP contribution is 2.25. The standard InChI is InChI=1S/C18H14N4O2/c19-10-14-8-13(18-21-16(20)9-17(23)22-18)6-7-15(14)24-11-12-4-2-1-3-5-12/h1-9H,11H2,(H3,20,21,22,23). The van der Waals surface area contributed by atoms with Gasteiger partial charge in [0.15, 0.2) is 0 Å². The summed E-state index contributed by atoms with van der Waals surface area (Å²) < 4.78 is 5.71. The van der Waals surface area contributed by atoms with E-state index in [1.807, 2.05) is 30.3 Å². The molecule has 0 aliphatic carbocycles. The van der Waals surface area contributed by atoms with Crippen LogP contribution in [0.3, 0.4) is 0 Å². The molecule has 3 rings (SSSR count). The van der Waals surface area contributed by atoms with E-state index in [0.717, 1.165) is 5.56 Å². The van der Waals surface area contributed by atoms with Crippen LogP contribution in [0.15, 0.2) is 59.4 Å². The Balaban J connectivity index is 1.88. The van der Waals surface area contributed by atoms with Crippen LogP contribution in [0.2, 0.25) is 0 Å². The number of nitrogens with two attached hydrogens (primary N) is 1. The van der Waals surface area contributed by atoms with Gasteiger partial charge in [0.1, 0.15) is 30.1 Å². The van der Waals surface area contributed by atoms with Crippen LogP contribution in [0.25, 0.3) is 11.4 Å². The molecule has 0 unspecified atom stereocenters. The molecule has 1 heterocycles. The van der Waals surface area contributed by atoms with Crippen LogP contribution in [0.5, 0.6) is 5.75 Å². The maximum atomic E-state index is 11.5. The minimum absolute atomic E-state index is 0.122. The Labute approximate surface area is 138 Å². The molecular formula is C18H14N4O2. The number of nitrogen functional groups attached to an aromatic ring is 1. The quantitative estimate of drug-likeness (QED) is 0.769. The lowest BCUT2D eigenvalue weighted by Gasteiger charge is -2.09. The monoisotopic (exact) mass is 318 g/mol. The molecule has 1 aromatic heterocycles. The molecule has 118 valence electrons. The van der Waals surface area contributed by atoms with Crippen molar-refractivity contribution in [2.45, 2.75) is 6.61 Å². The number of nitrogens with one attached hydrogen (secondary N) is 1. The van der Waals surface area contributed by atoms with E-state index >= 15 is 0 Å². The van der Waals surface area contributed by atoms with E-state index in [2.05, 4.69) is 16.0 Å². The number of anilines is 1. The topological polar surface area (TPSA) is 105 Å². The second-order valence-electron chi connectivity index (χ2n) is 5.12. The van der Waals surface area contributed by atoms with Crippen molar-refractivity contribution in [3.63, 3.8) is 0 Å². The number of nitriles is 1. The normalized spacial score (nSPS) is 10.1. The van der Waals surface area contributed by atoms with Crippen LogP contribution < -0.4 is 16.0 Å². The van der Waals surface area contributed by atoms with Crippen molar-refractivity contribution in [1.29, 1.82) is 5.26 Å². The Bertz CT molecular complexity index is 959. The van der Waals surface area contributed by atoms with Crippen molar-refractivity contribution in [1.82, 2.24) is 9.97 Å². The summed E-state index contributed by atoms with van der Waals surface area (Å²) >= 11 is 0. The Kier molecular flexibility index (Phi) is 4.25. The van der Waals surface area contributed by atoms with Crippen molar-refractivity contribution < 1.29 is 4.74 Å². The fraction of sp³-hybridized carbons (Fsp3) is 0.0556. The number of rotatable bonds is 4. The van der Waals surface area contributed by atoms with E-state index < -0.39 is 0 Å². The maximum absolute atomic E-state index is 11.5. The first kappa shape index (κ1) is 15.3. The lowest BCUT2D eigenvalue weighted by Crippen LogP contribution is -2.10. The molecule has 0 atom stereocenters. The van der Waals surface area contributed by atoms with E-state index in [-0.39, 0.29) is 11.4 Å². The summed E-state index contributed by atoms with van der Waals surface area (Å²) in [4.78, 5) is 18.2. The number of aromatic amines is 1. The van der Waals surface area contributed by atoms with Gasteiger partial charge in [0.2, 0.25) is 0 Å². The largest absolute Gasteiger partial charge is 0.488 e. The third-order valence-corrected chi connectivity index (χ3v) is 3.37. The van der Waals surface area contributed by atoms with Gasteiger partial charge in [-0.3, -0.25) is 4.79 Å². The average Bonchev–Trinajstić information content (AvgIpc) is 2.60. The molecule has 6 nitrogen and oxygen atoms in total. The highest BCUT2D eigenvalue weighted by Gasteiger charge is 2.09. The van der Waals surface area contributed by atoms with E-state index in [1.165, 1.54) is 6.07 Å². The van der Waals surface area contributed by atoms with Crippen molar-refractivity contribution in [3.8, 4) is 23.2 Å². The van der Waals surface area contributed by atoms with Gasteiger partial charge in [0.05, 0.1) is 5.56 Å². The molecular weight excluding hydrogens is 304 g/mol. The van der Waals surface area contributed by atoms with Gasteiger partial charge < -0.3 is 15.5 Å². The van der Waals surface area contributed by atoms with Gasteiger partial charge in [-0.25, -0.2) is 4.98 Å². The molecule has 0 aliphatic rings. The summed E-state index contributed by atoms with van der Waals surface area (Å²) in [5.41, 5.74) is 7.19. The molecule has 0 aliphatic heterocycles. The number of nitrogens with zero attached hydrogens (tertiary/aromatic N) is 2. The summed E-state index contributed by atoms with van der Waals surface area (Å²) in [5, 5.41) is 9.35. The van der Waals surface area contributed by atoms with Crippen molar-refractivity contribution in [2.24, 2.45) is 0 Å². The number of hydrogen-bond donors (Lipinski definition) is 2. The summed E-state index contributed by atoms with van der Waals surface area (Å²) in [6.07, 6.45) is 0. The third kappa shape index (κ3) is 3.42. The van der Waals surface area contributed by atoms with Crippen LogP contribution in [0.4, 0.5) is 5.82 Å². The lowest BCUT2D eigenvalue weighted by atomic mass is 10.1. The van der Waals surface area contributed by atoms with Gasteiger partial charge >= 0.3 is 0 Å². The molecule has 3 N–H and O–H groups in total. The van der Waals surface area contributed by atoms with E-state index in [0.29, 0.717) is 29.3 Å². The first-order chi connectivity index (χ1) is 11.7. The zero-order chi connectivity index (χ0) is 16.9. The first-order valence-corrected chi connectivity index (χ1v) is 7.24. The molecule has 0 bridgehead atoms. The van der Waals surface area contributed by atoms with E-state index in [1.54, 1.807) is 18.2 Å².